The van der Waals surface area contributed by atoms with Gasteiger partial charge in [0, 0.05) is 5.69 Å². The summed E-state index contributed by atoms with van der Waals surface area (Å²) in [5.41, 5.74) is 0.739. The van der Waals surface area contributed by atoms with Crippen LogP contribution in [0.15, 0.2) is 46.9 Å². The second-order valence-electron chi connectivity index (χ2n) is 3.92. The van der Waals surface area contributed by atoms with Gasteiger partial charge in [0.1, 0.15) is 12.3 Å². The number of hydrogen-bond donors (Lipinski definition) is 2. The lowest BCUT2D eigenvalue weighted by molar-refractivity contribution is 0.412. The van der Waals surface area contributed by atoms with Crippen LogP contribution in [0.4, 0.5) is 5.69 Å². The summed E-state index contributed by atoms with van der Waals surface area (Å²) >= 11 is 11.7. The first-order valence-electron chi connectivity index (χ1n) is 5.55. The van der Waals surface area contributed by atoms with Crippen molar-refractivity contribution < 1.29 is 9.84 Å². The van der Waals surface area contributed by atoms with Gasteiger partial charge in [0.25, 0.3) is 6.02 Å². The van der Waals surface area contributed by atoms with Gasteiger partial charge in [-0.05, 0) is 37.3 Å². The van der Waals surface area contributed by atoms with Crippen molar-refractivity contribution in [3.63, 3.8) is 0 Å². The molecule has 0 aromatic heterocycles. The molecule has 0 amide bonds. The Balaban J connectivity index is 2.00. The third-order valence-electron chi connectivity index (χ3n) is 2.29. The molecule has 2 N–H and O–H groups in total. The van der Waals surface area contributed by atoms with Gasteiger partial charge >= 0.3 is 0 Å². The molecule has 4 nitrogen and oxygen atoms in total. The van der Waals surface area contributed by atoms with Crippen LogP contribution < -0.4 is 5.32 Å². The number of amidine groups is 1. The Morgan fingerprint density at radius 1 is 1.42 bits per heavy atom. The van der Waals surface area contributed by atoms with Gasteiger partial charge in [0.2, 0.25) is 0 Å². The molecule has 1 aliphatic heterocycles. The number of anilines is 1. The number of aliphatic hydroxyl groups is 1. The van der Waals surface area contributed by atoms with Crippen molar-refractivity contribution in [3.8, 4) is 0 Å². The fraction of sp³-hybridized carbons (Fsp3) is 0.154. The zero-order valence-corrected chi connectivity index (χ0v) is 11.7. The number of aliphatic imine (C=N–C) groups is 1. The normalized spacial score (nSPS) is 17.3. The van der Waals surface area contributed by atoms with Gasteiger partial charge in [-0.25, -0.2) is 4.99 Å². The molecule has 0 bridgehead atoms. The van der Waals surface area contributed by atoms with Crippen molar-refractivity contribution in [2.75, 3.05) is 11.9 Å². The van der Waals surface area contributed by atoms with E-state index >= 15 is 0 Å². The zero-order valence-electron chi connectivity index (χ0n) is 10.2. The topological polar surface area (TPSA) is 53.9 Å². The predicted molar refractivity (Wildman–Crippen MR) is 77.9 cm³/mol. The van der Waals surface area contributed by atoms with E-state index in [4.69, 9.17) is 33.0 Å². The van der Waals surface area contributed by atoms with Crippen LogP contribution in [0.2, 0.25) is 10.0 Å². The molecule has 1 aromatic carbocycles. The number of nitrogens with zero attached hydrogens (tertiary/aromatic N) is 1. The lowest BCUT2D eigenvalue weighted by atomic mass is 10.3. The lowest BCUT2D eigenvalue weighted by Crippen LogP contribution is -2.11. The molecule has 1 aliphatic rings. The standard InChI is InChI=1S/C13H12Cl2N2O2/c1-8(18)2-4-10-7-16-13(19-10)17-9-3-5-11(14)12(15)6-9/h2-6,18H,7H2,1H3,(H,16,17)/b8-2+,10-4+. The summed E-state index contributed by atoms with van der Waals surface area (Å²) in [5.74, 6) is 0.859. The zero-order chi connectivity index (χ0) is 13.8. The third kappa shape index (κ3) is 3.91. The number of rotatable bonds is 2. The molecule has 1 heterocycles. The Morgan fingerprint density at radius 3 is 2.89 bits per heavy atom. The summed E-state index contributed by atoms with van der Waals surface area (Å²) in [4.78, 5) is 4.17. The molecule has 0 saturated carbocycles. The number of allylic oxidation sites excluding steroid dienone is 3. The van der Waals surface area contributed by atoms with Gasteiger partial charge in [-0.2, -0.15) is 0 Å². The Hall–Kier alpha value is -1.65. The third-order valence-corrected chi connectivity index (χ3v) is 3.03. The fourth-order valence-corrected chi connectivity index (χ4v) is 1.70. The van der Waals surface area contributed by atoms with Crippen molar-refractivity contribution in [2.24, 2.45) is 4.99 Å². The van der Waals surface area contributed by atoms with Crippen molar-refractivity contribution in [3.05, 3.63) is 51.9 Å². The molecule has 100 valence electrons. The van der Waals surface area contributed by atoms with Crippen molar-refractivity contribution in [1.82, 2.24) is 0 Å². The van der Waals surface area contributed by atoms with Crippen LogP contribution in [-0.4, -0.2) is 17.7 Å². The summed E-state index contributed by atoms with van der Waals surface area (Å²) in [6, 6.07) is 5.54. The number of benzene rings is 1. The number of hydrogen-bond acceptors (Lipinski definition) is 4. The first kappa shape index (κ1) is 13.8. The van der Waals surface area contributed by atoms with E-state index in [1.54, 1.807) is 37.3 Å². The number of halogens is 2. The van der Waals surface area contributed by atoms with Crippen molar-refractivity contribution in [2.45, 2.75) is 6.92 Å². The van der Waals surface area contributed by atoms with E-state index in [-0.39, 0.29) is 5.76 Å². The van der Waals surface area contributed by atoms with Gasteiger partial charge in [-0.1, -0.05) is 23.2 Å². The molecule has 2 rings (SSSR count). The van der Waals surface area contributed by atoms with Crippen molar-refractivity contribution in [1.29, 1.82) is 0 Å². The van der Waals surface area contributed by atoms with E-state index in [1.165, 1.54) is 0 Å². The SMILES string of the molecule is C/C(O)=C\C=C1/CN=C(Nc2ccc(Cl)c(Cl)c2)O1. The smallest absolute Gasteiger partial charge is 0.294 e. The van der Waals surface area contributed by atoms with Gasteiger partial charge in [0.15, 0.2) is 0 Å². The lowest BCUT2D eigenvalue weighted by Gasteiger charge is -2.06. The maximum absolute atomic E-state index is 9.05. The minimum Gasteiger partial charge on any atom is -0.513 e. The van der Waals surface area contributed by atoms with Gasteiger partial charge < -0.3 is 15.2 Å². The van der Waals surface area contributed by atoms with Crippen LogP contribution >= 0.6 is 23.2 Å². The molecule has 0 fully saturated rings. The predicted octanol–water partition coefficient (Wildman–Crippen LogP) is 4.14. The average Bonchev–Trinajstić information content (AvgIpc) is 2.79. The highest BCUT2D eigenvalue weighted by Crippen LogP contribution is 2.25. The molecular formula is C13H12Cl2N2O2. The summed E-state index contributed by atoms with van der Waals surface area (Å²) in [7, 11) is 0. The first-order valence-corrected chi connectivity index (χ1v) is 6.31. The second-order valence-corrected chi connectivity index (χ2v) is 4.73. The molecule has 0 spiro atoms. The van der Waals surface area contributed by atoms with E-state index < -0.39 is 0 Å². The number of nitrogens with one attached hydrogen (secondary N) is 1. The maximum atomic E-state index is 9.05. The van der Waals surface area contributed by atoms with E-state index in [0.29, 0.717) is 28.4 Å². The van der Waals surface area contributed by atoms with Gasteiger partial charge in [-0.15, -0.1) is 0 Å². The summed E-state index contributed by atoms with van der Waals surface area (Å²) < 4.78 is 5.45. The summed E-state index contributed by atoms with van der Waals surface area (Å²) in [6.07, 6.45) is 3.22. The quantitative estimate of drug-likeness (QED) is 0.807. The largest absolute Gasteiger partial charge is 0.513 e. The number of aliphatic hydroxyl groups excluding tert-OH is 1. The van der Waals surface area contributed by atoms with Crippen LogP contribution in [0.25, 0.3) is 0 Å². The maximum Gasteiger partial charge on any atom is 0.294 e. The highest BCUT2D eigenvalue weighted by atomic mass is 35.5. The Labute approximate surface area is 121 Å². The van der Waals surface area contributed by atoms with E-state index in [0.717, 1.165) is 5.69 Å². The van der Waals surface area contributed by atoms with E-state index in [2.05, 4.69) is 10.3 Å². The minimum absolute atomic E-state index is 0.210. The molecule has 1 aromatic rings. The molecular weight excluding hydrogens is 287 g/mol. The molecule has 6 heteroatoms. The monoisotopic (exact) mass is 298 g/mol. The van der Waals surface area contributed by atoms with E-state index in [9.17, 15) is 0 Å². The van der Waals surface area contributed by atoms with E-state index in [1.807, 2.05) is 0 Å². The molecule has 0 aliphatic carbocycles. The minimum atomic E-state index is 0.210. The first-order chi connectivity index (χ1) is 9.04. The molecule has 0 unspecified atom stereocenters. The molecule has 0 atom stereocenters. The highest BCUT2D eigenvalue weighted by molar-refractivity contribution is 6.42. The Morgan fingerprint density at radius 2 is 2.21 bits per heavy atom. The Bertz CT molecular complexity index is 576. The van der Waals surface area contributed by atoms with Crippen LogP contribution in [0.5, 0.6) is 0 Å². The fourth-order valence-electron chi connectivity index (χ4n) is 1.40. The molecule has 19 heavy (non-hydrogen) atoms. The van der Waals surface area contributed by atoms with Crippen molar-refractivity contribution >= 4 is 34.9 Å². The van der Waals surface area contributed by atoms with Crippen LogP contribution in [0.3, 0.4) is 0 Å². The average molecular weight is 299 g/mol. The van der Waals surface area contributed by atoms with Crippen LogP contribution in [-0.2, 0) is 4.74 Å². The summed E-state index contributed by atoms with van der Waals surface area (Å²) in [6.45, 7) is 2.01. The second kappa shape index (κ2) is 5.99. The summed E-state index contributed by atoms with van der Waals surface area (Å²) in [5, 5.41) is 13.0. The Kier molecular flexibility index (Phi) is 4.35. The number of ether oxygens (including phenoxy) is 1. The van der Waals surface area contributed by atoms with Gasteiger partial charge in [-0.3, -0.25) is 0 Å². The van der Waals surface area contributed by atoms with Crippen LogP contribution in [0, 0.1) is 0 Å². The van der Waals surface area contributed by atoms with Gasteiger partial charge in [0.05, 0.1) is 15.8 Å². The molecule has 0 saturated heterocycles. The van der Waals surface area contributed by atoms with Crippen LogP contribution in [0.1, 0.15) is 6.92 Å². The molecule has 0 radical (unpaired) electrons. The highest BCUT2D eigenvalue weighted by Gasteiger charge is 2.13.